The lowest BCUT2D eigenvalue weighted by molar-refractivity contribution is -0.119. The predicted octanol–water partition coefficient (Wildman–Crippen LogP) is 4.27. The van der Waals surface area contributed by atoms with Crippen LogP contribution in [0.3, 0.4) is 0 Å². The maximum Gasteiger partial charge on any atom is 0.137 e. The molecule has 4 aliphatic carbocycles. The minimum atomic E-state index is -0.0840. The summed E-state index contributed by atoms with van der Waals surface area (Å²) in [6, 6.07) is 0. The summed E-state index contributed by atoms with van der Waals surface area (Å²) in [6.07, 6.45) is 9.54. The van der Waals surface area contributed by atoms with E-state index in [0.717, 1.165) is 43.4 Å². The molecule has 4 aliphatic rings. The van der Waals surface area contributed by atoms with Crippen LogP contribution in [-0.4, -0.2) is 17.0 Å². The second-order valence-electron chi connectivity index (χ2n) is 8.64. The highest BCUT2D eigenvalue weighted by Gasteiger charge is 2.56. The van der Waals surface area contributed by atoms with Crippen LogP contribution in [0.25, 0.3) is 0 Å². The zero-order chi connectivity index (χ0) is 15.5. The summed E-state index contributed by atoms with van der Waals surface area (Å²) < 4.78 is 0. The molecule has 2 saturated carbocycles. The van der Waals surface area contributed by atoms with Crippen LogP contribution >= 0.6 is 0 Å². The molecule has 0 bridgehead atoms. The molecule has 6 atom stereocenters. The topological polar surface area (TPSA) is 37.3 Å². The number of aliphatic hydroxyl groups excluding tert-OH is 1. The van der Waals surface area contributed by atoms with Crippen molar-refractivity contribution in [3.63, 3.8) is 0 Å². The Morgan fingerprint density at radius 2 is 2.05 bits per heavy atom. The van der Waals surface area contributed by atoms with Gasteiger partial charge in [0.25, 0.3) is 0 Å². The Labute approximate surface area is 134 Å². The van der Waals surface area contributed by atoms with Gasteiger partial charge in [0.15, 0.2) is 0 Å². The largest absolute Gasteiger partial charge is 0.393 e. The second-order valence-corrected chi connectivity index (χ2v) is 8.64. The van der Waals surface area contributed by atoms with Gasteiger partial charge in [0, 0.05) is 12.8 Å². The molecule has 22 heavy (non-hydrogen) atoms. The van der Waals surface area contributed by atoms with Gasteiger partial charge in [0.1, 0.15) is 5.78 Å². The van der Waals surface area contributed by atoms with Crippen molar-refractivity contribution in [3.05, 3.63) is 11.1 Å². The molecule has 0 spiro atoms. The van der Waals surface area contributed by atoms with Gasteiger partial charge in [-0.2, -0.15) is 0 Å². The molecule has 2 heteroatoms. The molecule has 0 unspecified atom stereocenters. The van der Waals surface area contributed by atoms with E-state index in [1.165, 1.54) is 37.7 Å². The van der Waals surface area contributed by atoms with Gasteiger partial charge in [-0.15, -0.1) is 0 Å². The Bertz CT molecular complexity index is 520. The monoisotopic (exact) mass is 302 g/mol. The van der Waals surface area contributed by atoms with Crippen molar-refractivity contribution in [2.75, 3.05) is 0 Å². The number of carbonyl (C=O) groups excluding carboxylic acids is 1. The number of aliphatic hydroxyl groups is 1. The molecule has 0 aromatic carbocycles. The van der Waals surface area contributed by atoms with Crippen LogP contribution in [0.4, 0.5) is 0 Å². The van der Waals surface area contributed by atoms with Crippen LogP contribution in [0, 0.1) is 29.1 Å². The Balaban J connectivity index is 1.72. The molecular weight excluding hydrogens is 272 g/mol. The first-order chi connectivity index (χ1) is 10.5. The third-order valence-corrected chi connectivity index (χ3v) is 7.85. The smallest absolute Gasteiger partial charge is 0.137 e. The number of rotatable bonds is 1. The summed E-state index contributed by atoms with van der Waals surface area (Å²) in [5.41, 5.74) is 3.36. The van der Waals surface area contributed by atoms with Crippen LogP contribution < -0.4 is 0 Å². The fraction of sp³-hybridized carbons (Fsp3) is 0.850. The number of Topliss-reactive ketones (excluding diaryl/α,β-unsaturated/α-hetero) is 1. The van der Waals surface area contributed by atoms with Crippen molar-refractivity contribution >= 4 is 5.78 Å². The highest BCUT2D eigenvalue weighted by Crippen LogP contribution is 2.62. The SMILES string of the molecule is CC[C@@H]1CC2=C(CCC(=O)C2)[C@H]2CC[C@]3(C)[C@@H](O)CC[C@H]3[C@H]12. The van der Waals surface area contributed by atoms with Crippen LogP contribution in [-0.2, 0) is 4.79 Å². The molecule has 4 rings (SSSR count). The van der Waals surface area contributed by atoms with Gasteiger partial charge in [-0.3, -0.25) is 4.79 Å². The van der Waals surface area contributed by atoms with E-state index in [1.807, 2.05) is 0 Å². The number of fused-ring (bicyclic) bond motifs is 4. The Kier molecular flexibility index (Phi) is 3.52. The maximum absolute atomic E-state index is 11.9. The van der Waals surface area contributed by atoms with E-state index < -0.39 is 0 Å². The van der Waals surface area contributed by atoms with Crippen molar-refractivity contribution in [1.82, 2.24) is 0 Å². The lowest BCUT2D eigenvalue weighted by atomic mass is 9.51. The van der Waals surface area contributed by atoms with Crippen LogP contribution in [0.1, 0.15) is 71.6 Å². The summed E-state index contributed by atoms with van der Waals surface area (Å²) >= 11 is 0. The maximum atomic E-state index is 11.9. The Hall–Kier alpha value is -0.630. The number of carbonyl (C=O) groups is 1. The van der Waals surface area contributed by atoms with Crippen LogP contribution in [0.2, 0.25) is 0 Å². The van der Waals surface area contributed by atoms with Crippen molar-refractivity contribution in [2.45, 2.75) is 77.7 Å². The molecule has 122 valence electrons. The lowest BCUT2D eigenvalue weighted by Gasteiger charge is -2.54. The van der Waals surface area contributed by atoms with E-state index >= 15 is 0 Å². The minimum Gasteiger partial charge on any atom is -0.393 e. The van der Waals surface area contributed by atoms with Crippen molar-refractivity contribution in [1.29, 1.82) is 0 Å². The lowest BCUT2D eigenvalue weighted by Crippen LogP contribution is -2.48. The van der Waals surface area contributed by atoms with E-state index in [0.29, 0.717) is 11.7 Å². The standard InChI is InChI=1S/C20H30O2/c1-3-12-10-13-11-14(21)4-5-15(13)16-8-9-20(2)17(19(12)16)6-7-18(20)22/h12,16-19,22H,3-11H2,1-2H3/t12-,16-,17+,18+,19-,20+/m1/s1. The zero-order valence-electron chi connectivity index (χ0n) is 14.1. The summed E-state index contributed by atoms with van der Waals surface area (Å²) in [5, 5.41) is 10.5. The van der Waals surface area contributed by atoms with E-state index in [1.54, 1.807) is 5.57 Å². The molecular formula is C20H30O2. The highest BCUT2D eigenvalue weighted by atomic mass is 16.3. The van der Waals surface area contributed by atoms with Crippen molar-refractivity contribution in [2.24, 2.45) is 29.1 Å². The van der Waals surface area contributed by atoms with Gasteiger partial charge < -0.3 is 5.11 Å². The highest BCUT2D eigenvalue weighted by molar-refractivity contribution is 5.82. The molecule has 1 N–H and O–H groups in total. The van der Waals surface area contributed by atoms with Crippen LogP contribution in [0.15, 0.2) is 11.1 Å². The molecule has 2 nitrogen and oxygen atoms in total. The average Bonchev–Trinajstić information content (AvgIpc) is 2.81. The van der Waals surface area contributed by atoms with E-state index in [4.69, 9.17) is 0 Å². The first kappa shape index (κ1) is 14.9. The Morgan fingerprint density at radius 3 is 2.82 bits per heavy atom. The van der Waals surface area contributed by atoms with Gasteiger partial charge in [-0.25, -0.2) is 0 Å². The second kappa shape index (κ2) is 5.19. The number of allylic oxidation sites excluding steroid dienone is 2. The number of hydrogen-bond acceptors (Lipinski definition) is 2. The number of hydrogen-bond donors (Lipinski definition) is 1. The predicted molar refractivity (Wildman–Crippen MR) is 87.3 cm³/mol. The van der Waals surface area contributed by atoms with E-state index in [-0.39, 0.29) is 11.5 Å². The first-order valence-electron chi connectivity index (χ1n) is 9.45. The molecule has 2 fully saturated rings. The van der Waals surface area contributed by atoms with E-state index in [2.05, 4.69) is 13.8 Å². The fourth-order valence-electron chi connectivity index (χ4n) is 6.64. The number of ketones is 1. The molecule has 0 aromatic rings. The van der Waals surface area contributed by atoms with Gasteiger partial charge in [0.05, 0.1) is 6.10 Å². The summed E-state index contributed by atoms with van der Waals surface area (Å²) in [5.74, 6) is 3.41. The molecule has 0 aromatic heterocycles. The van der Waals surface area contributed by atoms with E-state index in [9.17, 15) is 9.90 Å². The summed E-state index contributed by atoms with van der Waals surface area (Å²) in [6.45, 7) is 4.68. The Morgan fingerprint density at radius 1 is 1.23 bits per heavy atom. The molecule has 0 saturated heterocycles. The minimum absolute atomic E-state index is 0.0840. The van der Waals surface area contributed by atoms with Gasteiger partial charge in [0.2, 0.25) is 0 Å². The first-order valence-corrected chi connectivity index (χ1v) is 9.45. The quantitative estimate of drug-likeness (QED) is 0.734. The average molecular weight is 302 g/mol. The molecule has 0 heterocycles. The summed E-state index contributed by atoms with van der Waals surface area (Å²) in [4.78, 5) is 11.9. The van der Waals surface area contributed by atoms with Gasteiger partial charge in [-0.1, -0.05) is 31.4 Å². The summed E-state index contributed by atoms with van der Waals surface area (Å²) in [7, 11) is 0. The molecule has 0 aliphatic heterocycles. The van der Waals surface area contributed by atoms with Gasteiger partial charge in [-0.05, 0) is 67.6 Å². The third-order valence-electron chi connectivity index (χ3n) is 7.85. The normalized spacial score (nSPS) is 48.0. The van der Waals surface area contributed by atoms with Crippen molar-refractivity contribution < 1.29 is 9.90 Å². The zero-order valence-corrected chi connectivity index (χ0v) is 14.1. The third kappa shape index (κ3) is 1.99. The van der Waals surface area contributed by atoms with Crippen molar-refractivity contribution in [3.8, 4) is 0 Å². The van der Waals surface area contributed by atoms with Crippen LogP contribution in [0.5, 0.6) is 0 Å². The van der Waals surface area contributed by atoms with Gasteiger partial charge >= 0.3 is 0 Å². The fourth-order valence-corrected chi connectivity index (χ4v) is 6.64. The molecule has 0 amide bonds. The molecule has 0 radical (unpaired) electrons.